The number of carbonyl (C=O) groups excluding carboxylic acids is 1. The molecule has 0 aliphatic carbocycles. The number of para-hydroxylation sites is 1. The van der Waals surface area contributed by atoms with Gasteiger partial charge in [-0.2, -0.15) is 5.10 Å². The summed E-state index contributed by atoms with van der Waals surface area (Å²) < 4.78 is 29.0. The molecule has 2 heterocycles. The van der Waals surface area contributed by atoms with Crippen LogP contribution in [0.25, 0.3) is 16.7 Å². The van der Waals surface area contributed by atoms with E-state index in [-0.39, 0.29) is 16.4 Å². The van der Waals surface area contributed by atoms with E-state index in [4.69, 9.17) is 5.10 Å². The number of sulfonamides is 1. The van der Waals surface area contributed by atoms with Crippen LogP contribution in [-0.2, 0) is 14.8 Å². The Hall–Kier alpha value is -3.76. The Labute approximate surface area is 210 Å². The molecular weight excluding hydrogens is 478 g/mol. The van der Waals surface area contributed by atoms with Gasteiger partial charge < -0.3 is 5.32 Å². The van der Waals surface area contributed by atoms with E-state index in [0.717, 1.165) is 26.6 Å². The predicted octanol–water partition coefficient (Wildman–Crippen LogP) is 3.64. The molecule has 0 radical (unpaired) electrons. The molecule has 10 heteroatoms. The molecule has 0 spiro atoms. The molecule has 188 valence electrons. The zero-order valence-electron chi connectivity index (χ0n) is 20.9. The number of nitrogens with zero attached hydrogens (tertiary/aromatic N) is 4. The van der Waals surface area contributed by atoms with Crippen LogP contribution in [0.1, 0.15) is 30.6 Å². The molecule has 0 saturated heterocycles. The highest BCUT2D eigenvalue weighted by Gasteiger charge is 2.26. The Morgan fingerprint density at radius 1 is 1.06 bits per heavy atom. The molecule has 4 aromatic rings. The van der Waals surface area contributed by atoms with Crippen molar-refractivity contribution in [2.24, 2.45) is 0 Å². The molecule has 0 aliphatic rings. The maximum atomic E-state index is 13.4. The van der Waals surface area contributed by atoms with Crippen molar-refractivity contribution >= 4 is 32.7 Å². The Balaban J connectivity index is 1.78. The molecule has 1 N–H and O–H groups in total. The second-order valence-electron chi connectivity index (χ2n) is 8.79. The minimum absolute atomic E-state index is 0.122. The number of amides is 1. The summed E-state index contributed by atoms with van der Waals surface area (Å²) in [4.78, 5) is 26.9. The van der Waals surface area contributed by atoms with E-state index in [9.17, 15) is 18.0 Å². The lowest BCUT2D eigenvalue weighted by molar-refractivity contribution is -0.119. The third-order valence-electron chi connectivity index (χ3n) is 6.14. The zero-order chi connectivity index (χ0) is 26.2. The summed E-state index contributed by atoms with van der Waals surface area (Å²) in [6.07, 6.45) is 0.357. The lowest BCUT2D eigenvalue weighted by Crippen LogP contribution is -2.34. The molecule has 0 bridgehead atoms. The molecule has 2 aromatic heterocycles. The van der Waals surface area contributed by atoms with Crippen molar-refractivity contribution in [3.63, 3.8) is 0 Å². The second kappa shape index (κ2) is 9.71. The molecule has 0 fully saturated rings. The number of carbonyl (C=O) groups is 1. The first-order chi connectivity index (χ1) is 17.1. The number of aromatic nitrogens is 3. The zero-order valence-corrected chi connectivity index (χ0v) is 21.7. The maximum Gasteiger partial charge on any atom is 0.253 e. The highest BCUT2D eigenvalue weighted by molar-refractivity contribution is 7.89. The average molecular weight is 508 g/mol. The number of aryl methyl sites for hydroxylation is 2. The van der Waals surface area contributed by atoms with Crippen LogP contribution in [0.15, 0.2) is 70.4 Å². The normalized spacial score (nSPS) is 12.7. The van der Waals surface area contributed by atoms with Gasteiger partial charge in [-0.1, -0.05) is 25.1 Å². The van der Waals surface area contributed by atoms with E-state index in [1.54, 1.807) is 4.68 Å². The number of benzene rings is 2. The summed E-state index contributed by atoms with van der Waals surface area (Å²) >= 11 is 0. The van der Waals surface area contributed by atoms with Gasteiger partial charge in [-0.15, -0.1) is 0 Å². The number of hydrogen-bond acceptors (Lipinski definition) is 5. The molecule has 0 saturated carbocycles. The van der Waals surface area contributed by atoms with E-state index < -0.39 is 16.1 Å². The average Bonchev–Trinajstić information content (AvgIpc) is 3.19. The van der Waals surface area contributed by atoms with Gasteiger partial charge in [-0.3, -0.25) is 14.2 Å². The lowest BCUT2D eigenvalue weighted by Gasteiger charge is -2.21. The van der Waals surface area contributed by atoms with Crippen LogP contribution in [0.2, 0.25) is 0 Å². The Bertz CT molecular complexity index is 1590. The van der Waals surface area contributed by atoms with Gasteiger partial charge >= 0.3 is 0 Å². The van der Waals surface area contributed by atoms with Crippen molar-refractivity contribution in [2.45, 2.75) is 38.1 Å². The first kappa shape index (κ1) is 25.3. The third kappa shape index (κ3) is 4.45. The summed E-state index contributed by atoms with van der Waals surface area (Å²) in [5.74, 6) is -0.383. The van der Waals surface area contributed by atoms with Gasteiger partial charge in [0.2, 0.25) is 15.9 Å². The highest BCUT2D eigenvalue weighted by atomic mass is 32.2. The van der Waals surface area contributed by atoms with Gasteiger partial charge in [-0.25, -0.2) is 17.4 Å². The summed E-state index contributed by atoms with van der Waals surface area (Å²) in [6, 6.07) is 16.1. The summed E-state index contributed by atoms with van der Waals surface area (Å²) in [7, 11) is -0.669. The maximum absolute atomic E-state index is 13.4. The van der Waals surface area contributed by atoms with Crippen LogP contribution < -0.4 is 10.9 Å². The fraction of sp³-hybridized carbons (Fsp3) is 0.269. The SMILES string of the molecule is CCC(C(=O)Nc1ccc(S(=O)(=O)N(C)C)cc1)n1c(=O)cc(C)c2c(C)nn(-c3ccccc3)c21. The third-order valence-corrected chi connectivity index (χ3v) is 7.97. The molecule has 1 amide bonds. The molecule has 9 nitrogen and oxygen atoms in total. The van der Waals surface area contributed by atoms with Crippen LogP contribution in [0.5, 0.6) is 0 Å². The molecule has 1 atom stereocenters. The van der Waals surface area contributed by atoms with Crippen molar-refractivity contribution < 1.29 is 13.2 Å². The number of rotatable bonds is 7. The van der Waals surface area contributed by atoms with Gasteiger partial charge in [0, 0.05) is 31.2 Å². The van der Waals surface area contributed by atoms with Gasteiger partial charge in [-0.05, 0) is 62.2 Å². The molecule has 36 heavy (non-hydrogen) atoms. The highest BCUT2D eigenvalue weighted by Crippen LogP contribution is 2.27. The smallest absolute Gasteiger partial charge is 0.253 e. The molecule has 4 rings (SSSR count). The minimum Gasteiger partial charge on any atom is -0.324 e. The predicted molar refractivity (Wildman–Crippen MR) is 140 cm³/mol. The van der Waals surface area contributed by atoms with E-state index in [1.165, 1.54) is 49.0 Å². The van der Waals surface area contributed by atoms with Crippen molar-refractivity contribution in [1.29, 1.82) is 0 Å². The first-order valence-corrected chi connectivity index (χ1v) is 13.0. The quantitative estimate of drug-likeness (QED) is 0.411. The van der Waals surface area contributed by atoms with Crippen LogP contribution in [0, 0.1) is 13.8 Å². The summed E-state index contributed by atoms with van der Waals surface area (Å²) in [6.45, 7) is 5.58. The number of pyridine rings is 1. The monoisotopic (exact) mass is 507 g/mol. The molecule has 2 aromatic carbocycles. The van der Waals surface area contributed by atoms with Crippen molar-refractivity contribution in [1.82, 2.24) is 18.7 Å². The lowest BCUT2D eigenvalue weighted by atomic mass is 10.1. The fourth-order valence-corrected chi connectivity index (χ4v) is 5.21. The van der Waals surface area contributed by atoms with Crippen molar-refractivity contribution in [2.75, 3.05) is 19.4 Å². The number of hydrogen-bond donors (Lipinski definition) is 1. The Morgan fingerprint density at radius 2 is 1.69 bits per heavy atom. The van der Waals surface area contributed by atoms with E-state index in [2.05, 4.69) is 5.32 Å². The van der Waals surface area contributed by atoms with Crippen LogP contribution >= 0.6 is 0 Å². The van der Waals surface area contributed by atoms with E-state index in [0.29, 0.717) is 17.8 Å². The van der Waals surface area contributed by atoms with Crippen LogP contribution in [0.4, 0.5) is 5.69 Å². The summed E-state index contributed by atoms with van der Waals surface area (Å²) in [5.41, 5.74) is 3.01. The molecule has 0 aliphatic heterocycles. The summed E-state index contributed by atoms with van der Waals surface area (Å²) in [5, 5.41) is 8.35. The van der Waals surface area contributed by atoms with E-state index >= 15 is 0 Å². The molecular formula is C26H29N5O4S. The van der Waals surface area contributed by atoms with Gasteiger partial charge in [0.15, 0.2) is 0 Å². The van der Waals surface area contributed by atoms with Crippen molar-refractivity contribution in [3.8, 4) is 5.69 Å². The number of fused-ring (bicyclic) bond motifs is 1. The molecule has 1 unspecified atom stereocenters. The standard InChI is InChI=1S/C26H29N5O4S/c1-6-22(25(33)27-19-12-14-21(15-13-19)36(34,35)29(4)5)30-23(32)16-17(2)24-18(3)28-31(26(24)30)20-10-8-7-9-11-20/h7-16,22H,6H2,1-5H3,(H,27,33). The Morgan fingerprint density at radius 3 is 2.28 bits per heavy atom. The number of nitrogens with one attached hydrogen (secondary N) is 1. The fourth-order valence-electron chi connectivity index (χ4n) is 4.31. The van der Waals surface area contributed by atoms with Gasteiger partial charge in [0.25, 0.3) is 5.56 Å². The van der Waals surface area contributed by atoms with Crippen LogP contribution in [-0.4, -0.2) is 47.1 Å². The van der Waals surface area contributed by atoms with Crippen LogP contribution in [0.3, 0.4) is 0 Å². The number of anilines is 1. The minimum atomic E-state index is -3.58. The Kier molecular flexibility index (Phi) is 6.83. The topological polar surface area (TPSA) is 106 Å². The largest absolute Gasteiger partial charge is 0.324 e. The van der Waals surface area contributed by atoms with E-state index in [1.807, 2.05) is 51.1 Å². The van der Waals surface area contributed by atoms with Gasteiger partial charge in [0.05, 0.1) is 16.3 Å². The van der Waals surface area contributed by atoms with Crippen molar-refractivity contribution in [3.05, 3.63) is 82.3 Å². The second-order valence-corrected chi connectivity index (χ2v) is 10.9. The first-order valence-electron chi connectivity index (χ1n) is 11.6. The van der Waals surface area contributed by atoms with Gasteiger partial charge in [0.1, 0.15) is 11.7 Å².